The average molecular weight is 399 g/mol. The highest BCUT2D eigenvalue weighted by molar-refractivity contribution is 8.01. The molecule has 3 aromatic rings. The van der Waals surface area contributed by atoms with E-state index >= 15 is 0 Å². The molecule has 2 aromatic carbocycles. The van der Waals surface area contributed by atoms with Gasteiger partial charge in [0.1, 0.15) is 0 Å². The molecular weight excluding hydrogens is 376 g/mol. The van der Waals surface area contributed by atoms with Crippen LogP contribution in [0.4, 0.5) is 10.8 Å². The van der Waals surface area contributed by atoms with E-state index in [1.54, 1.807) is 0 Å². The number of carbonyl (C=O) groups is 1. The summed E-state index contributed by atoms with van der Waals surface area (Å²) in [6.07, 6.45) is 0. The van der Waals surface area contributed by atoms with Crippen LogP contribution in [0.15, 0.2) is 58.9 Å². The molecule has 0 aliphatic rings. The van der Waals surface area contributed by atoms with Gasteiger partial charge in [-0.25, -0.2) is 0 Å². The number of benzene rings is 2. The zero-order valence-electron chi connectivity index (χ0n) is 15.3. The molecule has 140 valence electrons. The van der Waals surface area contributed by atoms with E-state index in [1.165, 1.54) is 28.7 Å². The lowest BCUT2D eigenvalue weighted by atomic mass is 10.0. The van der Waals surface area contributed by atoms with Crippen molar-refractivity contribution in [2.24, 2.45) is 0 Å². The largest absolute Gasteiger partial charge is 0.356 e. The maximum Gasteiger partial charge on any atom is 0.234 e. The molecule has 0 atom stereocenters. The van der Waals surface area contributed by atoms with Crippen LogP contribution in [0, 0.1) is 0 Å². The number of anilines is 2. The molecular formula is C20H22N4OS2. The molecule has 7 heteroatoms. The van der Waals surface area contributed by atoms with Gasteiger partial charge in [-0.3, -0.25) is 4.79 Å². The van der Waals surface area contributed by atoms with Crippen LogP contribution in [0.3, 0.4) is 0 Å². The summed E-state index contributed by atoms with van der Waals surface area (Å²) in [5.41, 5.74) is 3.20. The number of hydrogen-bond donors (Lipinski definition) is 2. The molecule has 0 bridgehead atoms. The molecule has 5 nitrogen and oxygen atoms in total. The van der Waals surface area contributed by atoms with Crippen LogP contribution < -0.4 is 10.6 Å². The molecule has 0 saturated carbocycles. The number of carbonyl (C=O) groups excluding carboxylic acids is 1. The molecule has 1 heterocycles. The summed E-state index contributed by atoms with van der Waals surface area (Å²) >= 11 is 2.86. The van der Waals surface area contributed by atoms with Gasteiger partial charge in [-0.2, -0.15) is 0 Å². The predicted octanol–water partition coefficient (Wildman–Crippen LogP) is 5.00. The summed E-state index contributed by atoms with van der Waals surface area (Å²) in [5, 5.41) is 15.3. The second kappa shape index (κ2) is 9.53. The SMILES string of the molecule is CC(C)c1ccccc1NC(=O)CSc1nnc(NCc2ccccc2)s1. The molecule has 0 aliphatic carbocycles. The maximum absolute atomic E-state index is 12.3. The first-order valence-corrected chi connectivity index (χ1v) is 10.5. The Balaban J connectivity index is 1.49. The number of amides is 1. The van der Waals surface area contributed by atoms with E-state index in [0.29, 0.717) is 18.2 Å². The molecule has 0 unspecified atom stereocenters. The van der Waals surface area contributed by atoms with Crippen molar-refractivity contribution >= 4 is 39.8 Å². The van der Waals surface area contributed by atoms with E-state index in [9.17, 15) is 4.79 Å². The van der Waals surface area contributed by atoms with Gasteiger partial charge in [0.05, 0.1) is 5.75 Å². The van der Waals surface area contributed by atoms with Crippen molar-refractivity contribution < 1.29 is 4.79 Å². The summed E-state index contributed by atoms with van der Waals surface area (Å²) in [7, 11) is 0. The molecule has 2 N–H and O–H groups in total. The lowest BCUT2D eigenvalue weighted by Gasteiger charge is -2.13. The Labute approximate surface area is 167 Å². The Morgan fingerprint density at radius 2 is 1.81 bits per heavy atom. The van der Waals surface area contributed by atoms with Gasteiger partial charge in [0.2, 0.25) is 11.0 Å². The fourth-order valence-corrected chi connectivity index (χ4v) is 4.09. The van der Waals surface area contributed by atoms with E-state index in [2.05, 4.69) is 46.8 Å². The number of rotatable bonds is 8. The second-order valence-electron chi connectivity index (χ2n) is 6.29. The van der Waals surface area contributed by atoms with E-state index in [0.717, 1.165) is 20.7 Å². The highest BCUT2D eigenvalue weighted by atomic mass is 32.2. The first-order chi connectivity index (χ1) is 13.1. The molecule has 0 saturated heterocycles. The third-order valence-corrected chi connectivity index (χ3v) is 5.89. The molecule has 27 heavy (non-hydrogen) atoms. The lowest BCUT2D eigenvalue weighted by Crippen LogP contribution is -2.15. The zero-order chi connectivity index (χ0) is 19.1. The summed E-state index contributed by atoms with van der Waals surface area (Å²) in [6.45, 7) is 4.93. The Morgan fingerprint density at radius 1 is 1.07 bits per heavy atom. The third-order valence-electron chi connectivity index (χ3n) is 3.88. The Bertz CT molecular complexity index is 880. The van der Waals surface area contributed by atoms with Gasteiger partial charge in [0, 0.05) is 12.2 Å². The van der Waals surface area contributed by atoms with Crippen molar-refractivity contribution in [2.45, 2.75) is 30.6 Å². The Morgan fingerprint density at radius 3 is 2.59 bits per heavy atom. The van der Waals surface area contributed by atoms with Gasteiger partial charge >= 0.3 is 0 Å². The van der Waals surface area contributed by atoms with Crippen molar-refractivity contribution in [3.05, 3.63) is 65.7 Å². The third kappa shape index (κ3) is 5.80. The normalized spacial score (nSPS) is 10.8. The predicted molar refractivity (Wildman–Crippen MR) is 114 cm³/mol. The lowest BCUT2D eigenvalue weighted by molar-refractivity contribution is -0.113. The standard InChI is InChI=1S/C20H22N4OS2/c1-14(2)16-10-6-7-11-17(16)22-18(25)13-26-20-24-23-19(27-20)21-12-15-8-4-3-5-9-15/h3-11,14H,12-13H2,1-2H3,(H,21,23)(H,22,25). The Hall–Kier alpha value is -2.38. The van der Waals surface area contributed by atoms with Gasteiger partial charge in [-0.15, -0.1) is 10.2 Å². The smallest absolute Gasteiger partial charge is 0.234 e. The monoisotopic (exact) mass is 398 g/mol. The summed E-state index contributed by atoms with van der Waals surface area (Å²) in [6, 6.07) is 18.0. The number of nitrogens with zero attached hydrogens (tertiary/aromatic N) is 2. The Kier molecular flexibility index (Phi) is 6.84. The summed E-state index contributed by atoms with van der Waals surface area (Å²) in [4.78, 5) is 12.3. The molecule has 0 fully saturated rings. The minimum atomic E-state index is -0.0397. The van der Waals surface area contributed by atoms with Crippen molar-refractivity contribution in [3.63, 3.8) is 0 Å². The van der Waals surface area contributed by atoms with Crippen molar-refractivity contribution in [1.29, 1.82) is 0 Å². The van der Waals surface area contributed by atoms with E-state index < -0.39 is 0 Å². The van der Waals surface area contributed by atoms with Gasteiger partial charge in [-0.1, -0.05) is 85.5 Å². The van der Waals surface area contributed by atoms with Gasteiger partial charge in [0.25, 0.3) is 0 Å². The number of aromatic nitrogens is 2. The van der Waals surface area contributed by atoms with Crippen LogP contribution >= 0.6 is 23.1 Å². The molecule has 0 spiro atoms. The number of para-hydroxylation sites is 1. The van der Waals surface area contributed by atoms with Crippen molar-refractivity contribution in [2.75, 3.05) is 16.4 Å². The first kappa shape index (κ1) is 19.4. The van der Waals surface area contributed by atoms with Crippen LogP contribution in [0.2, 0.25) is 0 Å². The molecule has 1 aromatic heterocycles. The molecule has 1 amide bonds. The minimum absolute atomic E-state index is 0.0397. The molecule has 0 aliphatic heterocycles. The van der Waals surface area contributed by atoms with Crippen LogP contribution in [0.5, 0.6) is 0 Å². The van der Waals surface area contributed by atoms with E-state index in [1.807, 2.05) is 42.5 Å². The van der Waals surface area contributed by atoms with Crippen LogP contribution in [-0.2, 0) is 11.3 Å². The van der Waals surface area contributed by atoms with Crippen molar-refractivity contribution in [3.8, 4) is 0 Å². The summed E-state index contributed by atoms with van der Waals surface area (Å²) in [5.74, 6) is 0.623. The van der Waals surface area contributed by atoms with Crippen LogP contribution in [-0.4, -0.2) is 21.9 Å². The maximum atomic E-state index is 12.3. The van der Waals surface area contributed by atoms with E-state index in [-0.39, 0.29) is 5.91 Å². The molecule has 3 rings (SSSR count). The fourth-order valence-electron chi connectivity index (χ4n) is 2.54. The topological polar surface area (TPSA) is 66.9 Å². The van der Waals surface area contributed by atoms with Crippen LogP contribution in [0.1, 0.15) is 30.9 Å². The van der Waals surface area contributed by atoms with Gasteiger partial charge in [-0.05, 0) is 23.1 Å². The average Bonchev–Trinajstić information content (AvgIpc) is 3.14. The second-order valence-corrected chi connectivity index (χ2v) is 8.49. The highest BCUT2D eigenvalue weighted by Gasteiger charge is 2.11. The summed E-state index contributed by atoms with van der Waals surface area (Å²) < 4.78 is 0.776. The van der Waals surface area contributed by atoms with Gasteiger partial charge in [0.15, 0.2) is 4.34 Å². The number of hydrogen-bond acceptors (Lipinski definition) is 6. The number of thioether (sulfide) groups is 1. The fraction of sp³-hybridized carbons (Fsp3) is 0.250. The quantitative estimate of drug-likeness (QED) is 0.523. The van der Waals surface area contributed by atoms with E-state index in [4.69, 9.17) is 0 Å². The number of nitrogens with one attached hydrogen (secondary N) is 2. The van der Waals surface area contributed by atoms with Crippen molar-refractivity contribution in [1.82, 2.24) is 10.2 Å². The molecule has 0 radical (unpaired) electrons. The first-order valence-electron chi connectivity index (χ1n) is 8.74. The highest BCUT2D eigenvalue weighted by Crippen LogP contribution is 2.27. The minimum Gasteiger partial charge on any atom is -0.356 e. The van der Waals surface area contributed by atoms with Crippen LogP contribution in [0.25, 0.3) is 0 Å². The van der Waals surface area contributed by atoms with Gasteiger partial charge < -0.3 is 10.6 Å². The zero-order valence-corrected chi connectivity index (χ0v) is 16.9.